The van der Waals surface area contributed by atoms with Crippen molar-refractivity contribution < 1.29 is 0 Å². The Hall–Kier alpha value is 0.430. The lowest BCUT2D eigenvalue weighted by Crippen LogP contribution is -2.10. The van der Waals surface area contributed by atoms with Crippen LogP contribution in [0.15, 0.2) is 0 Å². The summed E-state index contributed by atoms with van der Waals surface area (Å²) in [6.07, 6.45) is 39.6. The zero-order chi connectivity index (χ0) is 20.2. The van der Waals surface area contributed by atoms with Crippen LogP contribution in [0, 0.1) is 0 Å². The van der Waals surface area contributed by atoms with Gasteiger partial charge in [0.05, 0.1) is 0 Å². The first-order valence-corrected chi connectivity index (χ1v) is 15.4. The molecule has 1 heteroatoms. The van der Waals surface area contributed by atoms with E-state index in [2.05, 4.69) is 0 Å². The van der Waals surface area contributed by atoms with Crippen LogP contribution in [0.4, 0.5) is 0 Å². The molecular weight excluding hydrogens is 367 g/mol. The van der Waals surface area contributed by atoms with Gasteiger partial charge in [-0.3, -0.25) is 0 Å². The quantitative estimate of drug-likeness (QED) is 0.388. The van der Waals surface area contributed by atoms with E-state index >= 15 is 0 Å². The topological polar surface area (TPSA) is 0 Å². The molecule has 2 fully saturated rings. The van der Waals surface area contributed by atoms with Crippen molar-refractivity contribution in [1.82, 2.24) is 0 Å². The maximum atomic E-state index is 1.56. The normalized spacial score (nSPS) is 25.7. The van der Waals surface area contributed by atoms with Crippen molar-refractivity contribution >= 4 is 8.58 Å². The van der Waals surface area contributed by atoms with Gasteiger partial charge >= 0.3 is 0 Å². The van der Waals surface area contributed by atoms with E-state index in [4.69, 9.17) is 0 Å². The van der Waals surface area contributed by atoms with Crippen molar-refractivity contribution in [2.45, 2.75) is 178 Å². The molecule has 0 aromatic carbocycles. The second-order valence-electron chi connectivity index (χ2n) is 10.5. The minimum atomic E-state index is 1.09. The average molecular weight is 423 g/mol. The van der Waals surface area contributed by atoms with E-state index in [-0.39, 0.29) is 0 Å². The van der Waals surface area contributed by atoms with Crippen LogP contribution in [0.25, 0.3) is 0 Å². The van der Waals surface area contributed by atoms with Gasteiger partial charge < -0.3 is 0 Å². The largest absolute Gasteiger partial charge is 0.116 e. The van der Waals surface area contributed by atoms with Gasteiger partial charge in [-0.1, -0.05) is 141 Å². The zero-order valence-electron chi connectivity index (χ0n) is 20.0. The Morgan fingerprint density at radius 3 is 0.621 bits per heavy atom. The molecule has 0 heterocycles. The highest BCUT2D eigenvalue weighted by molar-refractivity contribution is 7.39. The fourth-order valence-corrected chi connectivity index (χ4v) is 7.85. The fourth-order valence-electron chi connectivity index (χ4n) is 5.70. The summed E-state index contributed by atoms with van der Waals surface area (Å²) in [6.45, 7) is 0. The minimum absolute atomic E-state index is 1.09. The van der Waals surface area contributed by atoms with Gasteiger partial charge in [-0.05, 0) is 37.0 Å². The molecule has 0 bridgehead atoms. The van der Waals surface area contributed by atoms with Crippen molar-refractivity contribution in [3.8, 4) is 0 Å². The zero-order valence-corrected chi connectivity index (χ0v) is 21.0. The number of hydrogen-bond donors (Lipinski definition) is 0. The first-order valence-electron chi connectivity index (χ1n) is 14.2. The SMILES string of the molecule is C1CCCCCCC(PC2CCCCCCCCCCCCC2)CCCCCC1. The van der Waals surface area contributed by atoms with E-state index in [1.54, 1.807) is 25.7 Å². The highest BCUT2D eigenvalue weighted by atomic mass is 31.1. The van der Waals surface area contributed by atoms with Gasteiger partial charge in [0.1, 0.15) is 0 Å². The van der Waals surface area contributed by atoms with Crippen LogP contribution in [-0.4, -0.2) is 11.3 Å². The van der Waals surface area contributed by atoms with Crippen molar-refractivity contribution in [3.05, 3.63) is 0 Å². The third kappa shape index (κ3) is 15.0. The molecule has 0 unspecified atom stereocenters. The average Bonchev–Trinajstić information content (AvgIpc) is 2.73. The standard InChI is InChI=1S/C28H55P/c1-3-7-11-15-19-23-27(24-20-16-12-8-4-1)29-28-25-21-17-13-9-5-2-6-10-14-18-22-26-28/h27-29H,1-26H2. The Balaban J connectivity index is 1.77. The van der Waals surface area contributed by atoms with E-state index in [1.165, 1.54) is 150 Å². The lowest BCUT2D eigenvalue weighted by atomic mass is 10.0. The van der Waals surface area contributed by atoms with Crippen molar-refractivity contribution in [2.75, 3.05) is 0 Å². The van der Waals surface area contributed by atoms with Crippen LogP contribution in [0.1, 0.15) is 167 Å². The molecule has 2 rings (SSSR count). The smallest absolute Gasteiger partial charge is 0.0234 e. The fraction of sp³-hybridized carbons (Fsp3) is 1.00. The van der Waals surface area contributed by atoms with E-state index < -0.39 is 0 Å². The Labute approximate surface area is 186 Å². The summed E-state index contributed by atoms with van der Waals surface area (Å²) >= 11 is 0. The third-order valence-electron chi connectivity index (χ3n) is 7.68. The molecule has 2 saturated carbocycles. The van der Waals surface area contributed by atoms with Gasteiger partial charge in [-0.25, -0.2) is 0 Å². The number of rotatable bonds is 2. The molecule has 2 aliphatic rings. The first-order chi connectivity index (χ1) is 14.4. The molecular formula is C28H55P. The molecule has 0 N–H and O–H groups in total. The maximum Gasteiger partial charge on any atom is -0.0234 e. The Bertz CT molecular complexity index is 279. The van der Waals surface area contributed by atoms with Gasteiger partial charge in [0.15, 0.2) is 0 Å². The van der Waals surface area contributed by atoms with Crippen LogP contribution < -0.4 is 0 Å². The summed E-state index contributed by atoms with van der Waals surface area (Å²) in [7, 11) is 1.29. The van der Waals surface area contributed by atoms with Crippen LogP contribution in [0.3, 0.4) is 0 Å². The van der Waals surface area contributed by atoms with E-state index in [0.29, 0.717) is 0 Å². The summed E-state index contributed by atoms with van der Waals surface area (Å²) < 4.78 is 0. The summed E-state index contributed by atoms with van der Waals surface area (Å²) in [5, 5.41) is 0. The van der Waals surface area contributed by atoms with Crippen LogP contribution in [0.2, 0.25) is 0 Å². The predicted molar refractivity (Wildman–Crippen MR) is 136 cm³/mol. The molecule has 0 aliphatic heterocycles. The third-order valence-corrected chi connectivity index (χ3v) is 9.78. The lowest BCUT2D eigenvalue weighted by molar-refractivity contribution is 0.497. The summed E-state index contributed by atoms with van der Waals surface area (Å²) in [5.74, 6) is 0. The lowest BCUT2D eigenvalue weighted by Gasteiger charge is -2.25. The molecule has 2 aliphatic carbocycles. The monoisotopic (exact) mass is 422 g/mol. The van der Waals surface area contributed by atoms with Gasteiger partial charge in [0.2, 0.25) is 0 Å². The molecule has 0 amide bonds. The summed E-state index contributed by atoms with van der Waals surface area (Å²) in [5.41, 5.74) is 2.17. The highest BCUT2D eigenvalue weighted by Gasteiger charge is 2.16. The van der Waals surface area contributed by atoms with Crippen molar-refractivity contribution in [2.24, 2.45) is 0 Å². The molecule has 0 nitrogen and oxygen atoms in total. The van der Waals surface area contributed by atoms with Crippen LogP contribution in [-0.2, 0) is 0 Å². The Morgan fingerprint density at radius 2 is 0.414 bits per heavy atom. The van der Waals surface area contributed by atoms with Gasteiger partial charge in [0, 0.05) is 0 Å². The van der Waals surface area contributed by atoms with E-state index in [0.717, 1.165) is 11.3 Å². The first kappa shape index (κ1) is 25.7. The molecule has 0 aromatic rings. The molecule has 0 atom stereocenters. The number of hydrogen-bond acceptors (Lipinski definition) is 0. The Morgan fingerprint density at radius 1 is 0.241 bits per heavy atom. The maximum absolute atomic E-state index is 1.56. The summed E-state index contributed by atoms with van der Waals surface area (Å²) in [6, 6.07) is 0. The molecule has 29 heavy (non-hydrogen) atoms. The second kappa shape index (κ2) is 19.1. The molecule has 172 valence electrons. The van der Waals surface area contributed by atoms with Gasteiger partial charge in [0.25, 0.3) is 0 Å². The predicted octanol–water partition coefficient (Wildman–Crippen LogP) is 10.6. The van der Waals surface area contributed by atoms with E-state index in [9.17, 15) is 0 Å². The highest BCUT2D eigenvalue weighted by Crippen LogP contribution is 2.38. The summed E-state index contributed by atoms with van der Waals surface area (Å²) in [4.78, 5) is 0. The Kier molecular flexibility index (Phi) is 17.0. The van der Waals surface area contributed by atoms with E-state index in [1.807, 2.05) is 0 Å². The van der Waals surface area contributed by atoms with Crippen LogP contribution >= 0.6 is 8.58 Å². The molecule has 0 aromatic heterocycles. The second-order valence-corrected chi connectivity index (χ2v) is 12.5. The van der Waals surface area contributed by atoms with Gasteiger partial charge in [-0.15, -0.1) is 8.58 Å². The van der Waals surface area contributed by atoms with Crippen molar-refractivity contribution in [3.63, 3.8) is 0 Å². The minimum Gasteiger partial charge on any atom is -0.116 e. The molecule has 0 spiro atoms. The van der Waals surface area contributed by atoms with Crippen molar-refractivity contribution in [1.29, 1.82) is 0 Å². The van der Waals surface area contributed by atoms with Gasteiger partial charge in [-0.2, -0.15) is 0 Å². The molecule has 0 saturated heterocycles. The molecule has 0 radical (unpaired) electrons. The van der Waals surface area contributed by atoms with Crippen LogP contribution in [0.5, 0.6) is 0 Å².